The zero-order valence-electron chi connectivity index (χ0n) is 9.29. The Labute approximate surface area is 90.1 Å². The van der Waals surface area contributed by atoms with E-state index >= 15 is 0 Å². The molecule has 4 nitrogen and oxygen atoms in total. The molecule has 0 aliphatic carbocycles. The van der Waals surface area contributed by atoms with Gasteiger partial charge in [-0.3, -0.25) is 0 Å². The van der Waals surface area contributed by atoms with Crippen molar-refractivity contribution < 1.29 is 0 Å². The molecular formula is C11H18N4. The first-order chi connectivity index (χ1) is 7.30. The lowest BCUT2D eigenvalue weighted by Crippen LogP contribution is -2.45. The third kappa shape index (κ3) is 1.39. The maximum absolute atomic E-state index is 4.38. The predicted molar refractivity (Wildman–Crippen MR) is 57.5 cm³/mol. The highest BCUT2D eigenvalue weighted by Crippen LogP contribution is 2.30. The van der Waals surface area contributed by atoms with Crippen molar-refractivity contribution in [2.45, 2.75) is 51.1 Å². The second kappa shape index (κ2) is 3.30. The van der Waals surface area contributed by atoms with Crippen LogP contribution in [0.4, 0.5) is 0 Å². The van der Waals surface area contributed by atoms with Gasteiger partial charge < -0.3 is 9.88 Å². The first-order valence-electron chi connectivity index (χ1n) is 5.97. The fourth-order valence-electron chi connectivity index (χ4n) is 2.81. The SMILES string of the molecule is CC1(c2nnc3n2CCC3)CCCCN1. The molecule has 15 heavy (non-hydrogen) atoms. The van der Waals surface area contributed by atoms with Crippen LogP contribution in [0.2, 0.25) is 0 Å². The van der Waals surface area contributed by atoms with Gasteiger partial charge in [0.25, 0.3) is 0 Å². The van der Waals surface area contributed by atoms with E-state index in [1.807, 2.05) is 0 Å². The Morgan fingerprint density at radius 1 is 1.27 bits per heavy atom. The van der Waals surface area contributed by atoms with Crippen LogP contribution in [0.15, 0.2) is 0 Å². The van der Waals surface area contributed by atoms with Gasteiger partial charge in [0.2, 0.25) is 0 Å². The van der Waals surface area contributed by atoms with Crippen LogP contribution < -0.4 is 5.32 Å². The Morgan fingerprint density at radius 2 is 2.20 bits per heavy atom. The van der Waals surface area contributed by atoms with E-state index in [0.29, 0.717) is 0 Å². The molecule has 2 aliphatic rings. The molecule has 0 aromatic carbocycles. The molecule has 4 heteroatoms. The third-order valence-electron chi connectivity index (χ3n) is 3.72. The fourth-order valence-corrected chi connectivity index (χ4v) is 2.81. The Hall–Kier alpha value is -0.900. The summed E-state index contributed by atoms with van der Waals surface area (Å²) in [6, 6.07) is 0. The number of nitrogens with zero attached hydrogens (tertiary/aromatic N) is 3. The highest BCUT2D eigenvalue weighted by atomic mass is 15.3. The van der Waals surface area contributed by atoms with Gasteiger partial charge in [-0.15, -0.1) is 10.2 Å². The molecular weight excluding hydrogens is 188 g/mol. The summed E-state index contributed by atoms with van der Waals surface area (Å²) >= 11 is 0. The van der Waals surface area contributed by atoms with Crippen LogP contribution in [-0.4, -0.2) is 21.3 Å². The summed E-state index contributed by atoms with van der Waals surface area (Å²) < 4.78 is 2.32. The predicted octanol–water partition coefficient (Wildman–Crippen LogP) is 1.21. The summed E-state index contributed by atoms with van der Waals surface area (Å²) in [7, 11) is 0. The fraction of sp³-hybridized carbons (Fsp3) is 0.818. The average molecular weight is 206 g/mol. The summed E-state index contributed by atoms with van der Waals surface area (Å²) in [5.74, 6) is 2.34. The number of piperidine rings is 1. The lowest BCUT2D eigenvalue weighted by molar-refractivity contribution is 0.260. The minimum Gasteiger partial charge on any atom is -0.313 e. The van der Waals surface area contributed by atoms with Crippen LogP contribution in [0, 0.1) is 0 Å². The lowest BCUT2D eigenvalue weighted by atomic mass is 9.90. The van der Waals surface area contributed by atoms with E-state index in [2.05, 4.69) is 27.0 Å². The smallest absolute Gasteiger partial charge is 0.153 e. The van der Waals surface area contributed by atoms with Crippen LogP contribution in [-0.2, 0) is 18.5 Å². The molecule has 1 aromatic rings. The topological polar surface area (TPSA) is 42.7 Å². The summed E-state index contributed by atoms with van der Waals surface area (Å²) in [5, 5.41) is 12.3. The molecule has 0 amide bonds. The standard InChI is InChI=1S/C11H18N4/c1-11(6-2-3-7-12-11)10-14-13-9-5-4-8-15(9)10/h12H,2-8H2,1H3. The summed E-state index contributed by atoms with van der Waals surface area (Å²) in [6.07, 6.45) is 6.10. The van der Waals surface area contributed by atoms with E-state index in [1.54, 1.807) is 0 Å². The monoisotopic (exact) mass is 206 g/mol. The normalized spacial score (nSPS) is 30.5. The quantitative estimate of drug-likeness (QED) is 0.751. The van der Waals surface area contributed by atoms with Crippen molar-refractivity contribution in [2.75, 3.05) is 6.54 Å². The van der Waals surface area contributed by atoms with Crippen LogP contribution in [0.1, 0.15) is 44.3 Å². The van der Waals surface area contributed by atoms with Crippen LogP contribution in [0.25, 0.3) is 0 Å². The van der Waals surface area contributed by atoms with Crippen molar-refractivity contribution in [1.82, 2.24) is 20.1 Å². The molecule has 1 atom stereocenters. The van der Waals surface area contributed by atoms with Gasteiger partial charge in [0.05, 0.1) is 5.54 Å². The highest BCUT2D eigenvalue weighted by Gasteiger charge is 2.35. The van der Waals surface area contributed by atoms with Crippen molar-refractivity contribution in [2.24, 2.45) is 0 Å². The largest absolute Gasteiger partial charge is 0.313 e. The number of aryl methyl sites for hydroxylation is 1. The third-order valence-corrected chi connectivity index (χ3v) is 3.72. The molecule has 1 fully saturated rings. The molecule has 0 spiro atoms. The number of aromatic nitrogens is 3. The second-order valence-corrected chi connectivity index (χ2v) is 4.91. The second-order valence-electron chi connectivity index (χ2n) is 4.91. The molecule has 82 valence electrons. The van der Waals surface area contributed by atoms with Crippen LogP contribution in [0.5, 0.6) is 0 Å². The highest BCUT2D eigenvalue weighted by molar-refractivity contribution is 5.11. The van der Waals surface area contributed by atoms with Gasteiger partial charge in [0, 0.05) is 13.0 Å². The molecule has 1 aromatic heterocycles. The van der Waals surface area contributed by atoms with Gasteiger partial charge in [-0.2, -0.15) is 0 Å². The number of hydrogen-bond acceptors (Lipinski definition) is 3. The van der Waals surface area contributed by atoms with E-state index in [0.717, 1.165) is 25.3 Å². The van der Waals surface area contributed by atoms with Crippen molar-refractivity contribution in [1.29, 1.82) is 0 Å². The van der Waals surface area contributed by atoms with Crippen LogP contribution >= 0.6 is 0 Å². The van der Waals surface area contributed by atoms with E-state index in [4.69, 9.17) is 0 Å². The number of rotatable bonds is 1. The zero-order valence-corrected chi connectivity index (χ0v) is 9.29. The first kappa shape index (κ1) is 9.33. The molecule has 0 radical (unpaired) electrons. The molecule has 1 N–H and O–H groups in total. The summed E-state index contributed by atoms with van der Waals surface area (Å²) in [4.78, 5) is 0. The number of fused-ring (bicyclic) bond motifs is 1. The summed E-state index contributed by atoms with van der Waals surface area (Å²) in [5.41, 5.74) is 0.0633. The van der Waals surface area contributed by atoms with Crippen molar-refractivity contribution in [3.8, 4) is 0 Å². The van der Waals surface area contributed by atoms with Gasteiger partial charge >= 0.3 is 0 Å². The lowest BCUT2D eigenvalue weighted by Gasteiger charge is -2.33. The van der Waals surface area contributed by atoms with E-state index in [1.165, 1.54) is 31.5 Å². The molecule has 0 saturated carbocycles. The Morgan fingerprint density at radius 3 is 3.00 bits per heavy atom. The zero-order chi connectivity index (χ0) is 10.3. The minimum atomic E-state index is 0.0633. The number of hydrogen-bond donors (Lipinski definition) is 1. The van der Waals surface area contributed by atoms with Crippen molar-refractivity contribution in [3.05, 3.63) is 11.6 Å². The Balaban J connectivity index is 1.97. The molecule has 1 unspecified atom stereocenters. The van der Waals surface area contributed by atoms with Crippen molar-refractivity contribution in [3.63, 3.8) is 0 Å². The van der Waals surface area contributed by atoms with E-state index in [-0.39, 0.29) is 5.54 Å². The number of nitrogens with one attached hydrogen (secondary N) is 1. The Bertz CT molecular complexity index is 363. The van der Waals surface area contributed by atoms with E-state index in [9.17, 15) is 0 Å². The molecule has 3 heterocycles. The molecule has 1 saturated heterocycles. The molecule has 0 bridgehead atoms. The van der Waals surface area contributed by atoms with E-state index < -0.39 is 0 Å². The summed E-state index contributed by atoms with van der Waals surface area (Å²) in [6.45, 7) is 4.48. The first-order valence-corrected chi connectivity index (χ1v) is 5.97. The molecule has 3 rings (SSSR count). The maximum atomic E-state index is 4.38. The van der Waals surface area contributed by atoms with Crippen molar-refractivity contribution >= 4 is 0 Å². The van der Waals surface area contributed by atoms with Gasteiger partial charge in [0.15, 0.2) is 5.82 Å². The van der Waals surface area contributed by atoms with Gasteiger partial charge in [-0.1, -0.05) is 0 Å². The van der Waals surface area contributed by atoms with Gasteiger partial charge in [0.1, 0.15) is 5.82 Å². The maximum Gasteiger partial charge on any atom is 0.153 e. The Kier molecular flexibility index (Phi) is 2.06. The average Bonchev–Trinajstić information content (AvgIpc) is 2.78. The van der Waals surface area contributed by atoms with Crippen LogP contribution in [0.3, 0.4) is 0 Å². The van der Waals surface area contributed by atoms with Gasteiger partial charge in [-0.25, -0.2) is 0 Å². The minimum absolute atomic E-state index is 0.0633. The van der Waals surface area contributed by atoms with Gasteiger partial charge in [-0.05, 0) is 39.2 Å². The molecule has 2 aliphatic heterocycles.